The highest BCUT2D eigenvalue weighted by atomic mass is 16.5. The molecule has 5 nitrogen and oxygen atoms in total. The fraction of sp³-hybridized carbons (Fsp3) is 0.524. The van der Waals surface area contributed by atoms with E-state index in [1.807, 2.05) is 42.1 Å². The fourth-order valence-electron chi connectivity index (χ4n) is 3.82. The maximum atomic E-state index is 12.7. The summed E-state index contributed by atoms with van der Waals surface area (Å²) in [6.45, 7) is 0. The fourth-order valence-corrected chi connectivity index (χ4v) is 3.82. The van der Waals surface area contributed by atoms with Gasteiger partial charge in [0.25, 0.3) is 0 Å². The molecule has 0 radical (unpaired) electrons. The minimum Gasteiger partial charge on any atom is -0.497 e. The van der Waals surface area contributed by atoms with Crippen LogP contribution in [0.25, 0.3) is 0 Å². The van der Waals surface area contributed by atoms with Gasteiger partial charge in [-0.05, 0) is 30.0 Å². The first-order valence-electron chi connectivity index (χ1n) is 9.58. The topological polar surface area (TPSA) is 56.1 Å². The minimum atomic E-state index is -0.274. The van der Waals surface area contributed by atoms with Crippen molar-refractivity contribution in [2.24, 2.45) is 13.0 Å². The van der Waals surface area contributed by atoms with E-state index in [4.69, 9.17) is 4.74 Å². The molecule has 2 aromatic rings. The molecule has 140 valence electrons. The van der Waals surface area contributed by atoms with Crippen LogP contribution in [0, 0.1) is 5.92 Å². The van der Waals surface area contributed by atoms with Crippen molar-refractivity contribution in [2.45, 2.75) is 51.0 Å². The Morgan fingerprint density at radius 1 is 1.35 bits per heavy atom. The number of amides is 1. The summed E-state index contributed by atoms with van der Waals surface area (Å²) < 4.78 is 7.29. The molecule has 0 saturated heterocycles. The number of imidazole rings is 1. The van der Waals surface area contributed by atoms with Crippen molar-refractivity contribution < 1.29 is 9.53 Å². The molecule has 0 aliphatic heterocycles. The summed E-state index contributed by atoms with van der Waals surface area (Å²) in [5.74, 6) is 2.40. The van der Waals surface area contributed by atoms with Crippen molar-refractivity contribution >= 4 is 5.91 Å². The van der Waals surface area contributed by atoms with E-state index in [2.05, 4.69) is 10.3 Å². The number of nitrogens with zero attached hydrogens (tertiary/aromatic N) is 2. The number of carbonyl (C=O) groups excluding carboxylic acids is 1. The molecule has 1 aliphatic rings. The summed E-state index contributed by atoms with van der Waals surface area (Å²) in [6.07, 6.45) is 11.7. The predicted molar refractivity (Wildman–Crippen MR) is 102 cm³/mol. The smallest absolute Gasteiger partial charge is 0.220 e. The number of benzene rings is 1. The number of ether oxygens (including phenoxy) is 1. The summed E-state index contributed by atoms with van der Waals surface area (Å²) in [5, 5.41) is 3.19. The van der Waals surface area contributed by atoms with E-state index in [1.165, 1.54) is 32.1 Å². The lowest BCUT2D eigenvalue weighted by atomic mass is 9.86. The predicted octanol–water partition coefficient (Wildman–Crippen LogP) is 3.99. The number of aromatic nitrogens is 2. The lowest BCUT2D eigenvalue weighted by Gasteiger charge is -2.23. The van der Waals surface area contributed by atoms with Crippen LogP contribution >= 0.6 is 0 Å². The highest BCUT2D eigenvalue weighted by Crippen LogP contribution is 2.28. The zero-order chi connectivity index (χ0) is 18.4. The van der Waals surface area contributed by atoms with Crippen LogP contribution < -0.4 is 10.1 Å². The Bertz CT molecular complexity index is 720. The summed E-state index contributed by atoms with van der Waals surface area (Å²) >= 11 is 0. The zero-order valence-corrected chi connectivity index (χ0v) is 15.8. The second-order valence-corrected chi connectivity index (χ2v) is 7.22. The van der Waals surface area contributed by atoms with Crippen molar-refractivity contribution in [1.82, 2.24) is 14.9 Å². The molecule has 1 aromatic carbocycles. The molecule has 1 amide bonds. The average Bonchev–Trinajstić information content (AvgIpc) is 3.11. The molecule has 1 N–H and O–H groups in total. The van der Waals surface area contributed by atoms with Crippen LogP contribution in [0.2, 0.25) is 0 Å². The maximum Gasteiger partial charge on any atom is 0.220 e. The van der Waals surface area contributed by atoms with E-state index in [0.29, 0.717) is 12.3 Å². The number of nitrogens with one attached hydrogen (secondary N) is 1. The van der Waals surface area contributed by atoms with Gasteiger partial charge in [0.2, 0.25) is 5.91 Å². The quantitative estimate of drug-likeness (QED) is 0.817. The summed E-state index contributed by atoms with van der Waals surface area (Å²) in [4.78, 5) is 17.1. The van der Waals surface area contributed by atoms with Gasteiger partial charge in [0.05, 0.1) is 7.11 Å². The number of carbonyl (C=O) groups is 1. The third-order valence-electron chi connectivity index (χ3n) is 5.35. The summed E-state index contributed by atoms with van der Waals surface area (Å²) in [5.41, 5.74) is 0.977. The van der Waals surface area contributed by atoms with Crippen molar-refractivity contribution in [1.29, 1.82) is 0 Å². The molecule has 1 aliphatic carbocycles. The second kappa shape index (κ2) is 8.88. The Kier molecular flexibility index (Phi) is 6.31. The van der Waals surface area contributed by atoms with Gasteiger partial charge in [-0.25, -0.2) is 4.98 Å². The van der Waals surface area contributed by atoms with E-state index in [-0.39, 0.29) is 11.9 Å². The highest BCUT2D eigenvalue weighted by Gasteiger charge is 2.22. The first kappa shape index (κ1) is 18.5. The maximum absolute atomic E-state index is 12.7. The normalized spacial score (nSPS) is 16.2. The Morgan fingerprint density at radius 2 is 2.15 bits per heavy atom. The number of rotatable bonds is 7. The molecule has 1 fully saturated rings. The van der Waals surface area contributed by atoms with E-state index in [0.717, 1.165) is 23.6 Å². The monoisotopic (exact) mass is 355 g/mol. The third kappa shape index (κ3) is 4.65. The SMILES string of the molecule is COc1cccc(C(NC(=O)CCC2CCCCC2)c2nccn2C)c1. The van der Waals surface area contributed by atoms with Crippen LogP contribution in [0.15, 0.2) is 36.7 Å². The van der Waals surface area contributed by atoms with Gasteiger partial charge in [0, 0.05) is 25.9 Å². The molecule has 0 spiro atoms. The van der Waals surface area contributed by atoms with Gasteiger partial charge in [-0.2, -0.15) is 0 Å². The number of hydrogen-bond acceptors (Lipinski definition) is 3. The second-order valence-electron chi connectivity index (χ2n) is 7.22. The summed E-state index contributed by atoms with van der Waals surface area (Å²) in [6, 6.07) is 7.54. The Hall–Kier alpha value is -2.30. The average molecular weight is 355 g/mol. The largest absolute Gasteiger partial charge is 0.497 e. The molecule has 3 rings (SSSR count). The number of methoxy groups -OCH3 is 1. The standard InChI is InChI=1S/C21H29N3O2/c1-24-14-13-22-21(24)20(17-9-6-10-18(15-17)26-2)23-19(25)12-11-16-7-4-3-5-8-16/h6,9-10,13-16,20H,3-5,7-8,11-12H2,1-2H3,(H,23,25). The molecule has 5 heteroatoms. The van der Waals surface area contributed by atoms with Crippen LogP contribution in [0.5, 0.6) is 5.75 Å². The molecule has 1 saturated carbocycles. The van der Waals surface area contributed by atoms with Crippen LogP contribution in [-0.4, -0.2) is 22.6 Å². The van der Waals surface area contributed by atoms with Crippen LogP contribution in [0.3, 0.4) is 0 Å². The van der Waals surface area contributed by atoms with Crippen LogP contribution in [0.4, 0.5) is 0 Å². The number of hydrogen-bond donors (Lipinski definition) is 1. The van der Waals surface area contributed by atoms with E-state index >= 15 is 0 Å². The van der Waals surface area contributed by atoms with Gasteiger partial charge in [0.15, 0.2) is 0 Å². The molecule has 26 heavy (non-hydrogen) atoms. The Morgan fingerprint density at radius 3 is 2.85 bits per heavy atom. The van der Waals surface area contributed by atoms with Crippen molar-refractivity contribution in [3.05, 3.63) is 48.0 Å². The van der Waals surface area contributed by atoms with Crippen molar-refractivity contribution in [3.63, 3.8) is 0 Å². The highest BCUT2D eigenvalue weighted by molar-refractivity contribution is 5.76. The Balaban J connectivity index is 1.71. The van der Waals surface area contributed by atoms with Crippen molar-refractivity contribution in [2.75, 3.05) is 7.11 Å². The molecule has 0 bridgehead atoms. The van der Waals surface area contributed by atoms with Gasteiger partial charge >= 0.3 is 0 Å². The first-order chi connectivity index (χ1) is 12.7. The van der Waals surface area contributed by atoms with E-state index in [1.54, 1.807) is 13.3 Å². The van der Waals surface area contributed by atoms with Crippen LogP contribution in [-0.2, 0) is 11.8 Å². The Labute approximate surface area is 155 Å². The van der Waals surface area contributed by atoms with E-state index < -0.39 is 0 Å². The van der Waals surface area contributed by atoms with Gasteiger partial charge < -0.3 is 14.6 Å². The minimum absolute atomic E-state index is 0.0893. The number of aryl methyl sites for hydroxylation is 1. The molecular weight excluding hydrogens is 326 g/mol. The lowest BCUT2D eigenvalue weighted by Crippen LogP contribution is -2.31. The van der Waals surface area contributed by atoms with Crippen molar-refractivity contribution in [3.8, 4) is 5.75 Å². The molecular formula is C21H29N3O2. The molecule has 1 unspecified atom stereocenters. The van der Waals surface area contributed by atoms with Gasteiger partial charge in [-0.15, -0.1) is 0 Å². The lowest BCUT2D eigenvalue weighted by molar-refractivity contribution is -0.122. The zero-order valence-electron chi connectivity index (χ0n) is 15.8. The summed E-state index contributed by atoms with van der Waals surface area (Å²) in [7, 11) is 3.60. The van der Waals surface area contributed by atoms with Crippen LogP contribution in [0.1, 0.15) is 62.4 Å². The first-order valence-corrected chi connectivity index (χ1v) is 9.58. The van der Waals surface area contributed by atoms with Gasteiger partial charge in [-0.3, -0.25) is 4.79 Å². The molecule has 1 heterocycles. The third-order valence-corrected chi connectivity index (χ3v) is 5.35. The molecule has 1 aromatic heterocycles. The molecule has 1 atom stereocenters. The van der Waals surface area contributed by atoms with Gasteiger partial charge in [0.1, 0.15) is 17.6 Å². The van der Waals surface area contributed by atoms with Gasteiger partial charge in [-0.1, -0.05) is 44.2 Å². The van der Waals surface area contributed by atoms with E-state index in [9.17, 15) is 4.79 Å².